The minimum Gasteiger partial charge on any atom is -0.454 e. The first-order valence-electron chi connectivity index (χ1n) is 8.59. The van der Waals surface area contributed by atoms with Crippen LogP contribution in [0.2, 0.25) is 0 Å². The Morgan fingerprint density at radius 3 is 2.76 bits per heavy atom. The van der Waals surface area contributed by atoms with Crippen LogP contribution in [0.25, 0.3) is 0 Å². The van der Waals surface area contributed by atoms with E-state index >= 15 is 0 Å². The minimum atomic E-state index is -4.11. The van der Waals surface area contributed by atoms with Crippen molar-refractivity contribution in [2.24, 2.45) is 0 Å². The van der Waals surface area contributed by atoms with Gasteiger partial charge >= 0.3 is 10.2 Å². The van der Waals surface area contributed by atoms with Crippen LogP contribution in [-0.4, -0.2) is 38.8 Å². The lowest BCUT2D eigenvalue weighted by atomic mass is 10.1. The van der Waals surface area contributed by atoms with E-state index in [1.165, 1.54) is 12.1 Å². The van der Waals surface area contributed by atoms with Crippen molar-refractivity contribution in [1.82, 2.24) is 4.31 Å². The van der Waals surface area contributed by atoms with Gasteiger partial charge in [0, 0.05) is 19.2 Å². The van der Waals surface area contributed by atoms with Gasteiger partial charge in [-0.2, -0.15) is 18.0 Å². The molecular formula is C18H15F2N3O5S. The van der Waals surface area contributed by atoms with E-state index in [4.69, 9.17) is 14.2 Å². The Kier molecular flexibility index (Phi) is 4.89. The number of nitrogens with zero attached hydrogens (tertiary/aromatic N) is 2. The summed E-state index contributed by atoms with van der Waals surface area (Å²) in [6, 6.07) is 8.37. The molecule has 2 aromatic rings. The average Bonchev–Trinajstić information content (AvgIpc) is 3.33. The molecule has 2 aliphatic rings. The molecule has 0 radical (unpaired) electrons. The molecule has 0 bridgehead atoms. The van der Waals surface area contributed by atoms with Crippen molar-refractivity contribution in [2.45, 2.75) is 12.6 Å². The molecule has 0 aliphatic carbocycles. The van der Waals surface area contributed by atoms with Gasteiger partial charge in [0.2, 0.25) is 6.79 Å². The highest BCUT2D eigenvalue weighted by atomic mass is 32.2. The predicted molar refractivity (Wildman–Crippen MR) is 97.4 cm³/mol. The lowest BCUT2D eigenvalue weighted by Gasteiger charge is -2.18. The van der Waals surface area contributed by atoms with E-state index in [-0.39, 0.29) is 43.3 Å². The number of nitrogens with one attached hydrogen (secondary N) is 1. The highest BCUT2D eigenvalue weighted by Gasteiger charge is 2.32. The number of ether oxygens (including phenoxy) is 3. The number of alkyl halides is 1. The fourth-order valence-corrected chi connectivity index (χ4v) is 4.30. The van der Waals surface area contributed by atoms with Crippen molar-refractivity contribution in [2.75, 3.05) is 24.6 Å². The summed E-state index contributed by atoms with van der Waals surface area (Å²) < 4.78 is 71.8. The average molecular weight is 423 g/mol. The summed E-state index contributed by atoms with van der Waals surface area (Å²) in [7, 11) is -4.11. The van der Waals surface area contributed by atoms with E-state index in [1.807, 2.05) is 0 Å². The monoisotopic (exact) mass is 423 g/mol. The van der Waals surface area contributed by atoms with Gasteiger partial charge in [-0.25, -0.2) is 8.78 Å². The summed E-state index contributed by atoms with van der Waals surface area (Å²) >= 11 is 0. The fourth-order valence-electron chi connectivity index (χ4n) is 3.02. The molecule has 1 N–H and O–H groups in total. The molecule has 0 aromatic heterocycles. The van der Waals surface area contributed by atoms with Gasteiger partial charge in [-0.05, 0) is 30.7 Å². The van der Waals surface area contributed by atoms with Crippen LogP contribution in [0.15, 0.2) is 30.3 Å². The fraction of sp³-hybridized carbons (Fsp3) is 0.278. The van der Waals surface area contributed by atoms with Crippen LogP contribution >= 0.6 is 0 Å². The van der Waals surface area contributed by atoms with Crippen molar-refractivity contribution in [3.05, 3.63) is 41.7 Å². The molecule has 8 nitrogen and oxygen atoms in total. The van der Waals surface area contributed by atoms with Crippen molar-refractivity contribution in [3.63, 3.8) is 0 Å². The third-order valence-electron chi connectivity index (χ3n) is 4.46. The Morgan fingerprint density at radius 2 is 2.03 bits per heavy atom. The van der Waals surface area contributed by atoms with E-state index in [2.05, 4.69) is 4.72 Å². The minimum absolute atomic E-state index is 0.0140. The quantitative estimate of drug-likeness (QED) is 0.794. The van der Waals surface area contributed by atoms with E-state index in [0.29, 0.717) is 11.5 Å². The summed E-state index contributed by atoms with van der Waals surface area (Å²) in [5.41, 5.74) is -0.519. The van der Waals surface area contributed by atoms with E-state index < -0.39 is 27.9 Å². The van der Waals surface area contributed by atoms with Crippen LogP contribution < -0.4 is 18.9 Å². The maximum Gasteiger partial charge on any atom is 0.301 e. The first-order chi connectivity index (χ1) is 13.9. The maximum absolute atomic E-state index is 14.4. The lowest BCUT2D eigenvalue weighted by Crippen LogP contribution is -2.34. The molecule has 4 rings (SSSR count). The zero-order valence-electron chi connectivity index (χ0n) is 14.9. The molecule has 2 aliphatic heterocycles. The normalized spacial score (nSPS) is 18.4. The molecule has 0 saturated carbocycles. The molecule has 0 amide bonds. The molecule has 0 spiro atoms. The number of anilines is 1. The van der Waals surface area contributed by atoms with E-state index in [9.17, 15) is 22.5 Å². The second-order valence-electron chi connectivity index (χ2n) is 6.38. The summed E-state index contributed by atoms with van der Waals surface area (Å²) in [5.74, 6) is -0.238. The maximum atomic E-state index is 14.4. The van der Waals surface area contributed by atoms with E-state index in [0.717, 1.165) is 16.4 Å². The SMILES string of the molecule is N#Cc1c(NS(=O)(=O)N2CC[C@H](F)C2)ccc(F)c1Oc1ccc2c(c1)OCO2. The lowest BCUT2D eigenvalue weighted by molar-refractivity contribution is 0.174. The summed E-state index contributed by atoms with van der Waals surface area (Å²) in [4.78, 5) is 0. The summed E-state index contributed by atoms with van der Waals surface area (Å²) in [5, 5.41) is 9.51. The Bertz CT molecular complexity index is 1100. The largest absolute Gasteiger partial charge is 0.454 e. The number of fused-ring (bicyclic) bond motifs is 1. The van der Waals surface area contributed by atoms with Gasteiger partial charge < -0.3 is 14.2 Å². The number of hydrogen-bond acceptors (Lipinski definition) is 6. The Morgan fingerprint density at radius 1 is 1.24 bits per heavy atom. The van der Waals surface area contributed by atoms with Crippen LogP contribution in [-0.2, 0) is 10.2 Å². The molecule has 0 unspecified atom stereocenters. The van der Waals surface area contributed by atoms with Gasteiger partial charge in [0.1, 0.15) is 23.6 Å². The molecule has 1 fully saturated rings. The number of halogens is 2. The van der Waals surface area contributed by atoms with E-state index in [1.54, 1.807) is 12.1 Å². The smallest absolute Gasteiger partial charge is 0.301 e. The van der Waals surface area contributed by atoms with Gasteiger partial charge in [0.15, 0.2) is 23.1 Å². The van der Waals surface area contributed by atoms with Crippen LogP contribution in [0.5, 0.6) is 23.0 Å². The molecule has 29 heavy (non-hydrogen) atoms. The van der Waals surface area contributed by atoms with Gasteiger partial charge in [0.25, 0.3) is 0 Å². The standard InChI is InChI=1S/C18H15F2N3O5S/c19-11-5-6-23(9-11)29(24,25)22-15-3-2-14(20)18(13(15)8-21)28-12-1-4-16-17(7-12)27-10-26-16/h1-4,7,11,22H,5-6,9-10H2/t11-/m0/s1. The number of rotatable bonds is 5. The second-order valence-corrected chi connectivity index (χ2v) is 8.05. The Balaban J connectivity index is 1.64. The molecule has 2 heterocycles. The molecule has 152 valence electrons. The van der Waals surface area contributed by atoms with Crippen molar-refractivity contribution >= 4 is 15.9 Å². The van der Waals surface area contributed by atoms with Crippen LogP contribution in [0.1, 0.15) is 12.0 Å². The Labute approximate surface area is 165 Å². The third kappa shape index (κ3) is 3.76. The highest BCUT2D eigenvalue weighted by Crippen LogP contribution is 2.39. The van der Waals surface area contributed by atoms with Crippen LogP contribution in [0.3, 0.4) is 0 Å². The topological polar surface area (TPSA) is 101 Å². The first-order valence-corrected chi connectivity index (χ1v) is 10.0. The van der Waals surface area contributed by atoms with Gasteiger partial charge in [-0.1, -0.05) is 0 Å². The first kappa shape index (κ1) is 19.2. The number of nitriles is 1. The predicted octanol–water partition coefficient (Wildman–Crippen LogP) is 2.92. The van der Waals surface area contributed by atoms with Crippen molar-refractivity contribution in [3.8, 4) is 29.1 Å². The van der Waals surface area contributed by atoms with Gasteiger partial charge in [-0.15, -0.1) is 0 Å². The zero-order valence-corrected chi connectivity index (χ0v) is 15.7. The van der Waals surface area contributed by atoms with Gasteiger partial charge in [-0.3, -0.25) is 4.72 Å². The summed E-state index contributed by atoms with van der Waals surface area (Å²) in [6.07, 6.45) is -1.16. The third-order valence-corrected chi connectivity index (χ3v) is 5.95. The van der Waals surface area contributed by atoms with Gasteiger partial charge in [0.05, 0.1) is 5.69 Å². The second kappa shape index (κ2) is 7.38. The summed E-state index contributed by atoms with van der Waals surface area (Å²) in [6.45, 7) is -0.219. The Hall–Kier alpha value is -3.10. The molecule has 1 atom stereocenters. The van der Waals surface area contributed by atoms with Crippen molar-refractivity contribution in [1.29, 1.82) is 5.26 Å². The van der Waals surface area contributed by atoms with Crippen molar-refractivity contribution < 1.29 is 31.4 Å². The zero-order chi connectivity index (χ0) is 20.6. The molecule has 11 heteroatoms. The van der Waals surface area contributed by atoms with Crippen LogP contribution in [0, 0.1) is 17.1 Å². The molecule has 1 saturated heterocycles. The molecule has 2 aromatic carbocycles. The number of hydrogen-bond donors (Lipinski definition) is 1. The highest BCUT2D eigenvalue weighted by molar-refractivity contribution is 7.90. The molecular weight excluding hydrogens is 408 g/mol. The van der Waals surface area contributed by atoms with Crippen LogP contribution in [0.4, 0.5) is 14.5 Å². The number of benzene rings is 2.